The Balaban J connectivity index is 1.94. The van der Waals surface area contributed by atoms with E-state index in [1.54, 1.807) is 11.1 Å². The lowest BCUT2D eigenvalue weighted by molar-refractivity contribution is -0.237. The van der Waals surface area contributed by atoms with Gasteiger partial charge in [-0.1, -0.05) is 18.2 Å². The lowest BCUT2D eigenvalue weighted by Crippen LogP contribution is -2.48. The molecule has 6 atom stereocenters. The van der Waals surface area contributed by atoms with Gasteiger partial charge in [-0.05, 0) is 32.9 Å². The van der Waals surface area contributed by atoms with E-state index in [4.69, 9.17) is 18.5 Å². The zero-order valence-corrected chi connectivity index (χ0v) is 21.6. The molecular weight excluding hydrogens is 557 g/mol. The summed E-state index contributed by atoms with van der Waals surface area (Å²) in [5.41, 5.74) is -2.57. The number of benzene rings is 1. The van der Waals surface area contributed by atoms with Crippen LogP contribution in [0.2, 0.25) is 0 Å². The fourth-order valence-corrected chi connectivity index (χ4v) is 5.25. The van der Waals surface area contributed by atoms with Crippen molar-refractivity contribution >= 4 is 13.7 Å². The van der Waals surface area contributed by atoms with Crippen LogP contribution in [0.5, 0.6) is 5.75 Å². The van der Waals surface area contributed by atoms with Gasteiger partial charge in [0.15, 0.2) is 6.10 Å². The molecule has 1 aliphatic rings. The van der Waals surface area contributed by atoms with E-state index in [1.165, 1.54) is 38.1 Å². The van der Waals surface area contributed by atoms with Crippen LogP contribution in [0.25, 0.3) is 0 Å². The Morgan fingerprint density at radius 2 is 1.87 bits per heavy atom. The van der Waals surface area contributed by atoms with Crippen LogP contribution in [0.1, 0.15) is 33.4 Å². The van der Waals surface area contributed by atoms with Crippen LogP contribution in [0, 0.1) is 5.82 Å². The summed E-state index contributed by atoms with van der Waals surface area (Å²) < 4.78 is 90.8. The highest BCUT2D eigenvalue weighted by Gasteiger charge is 2.56. The summed E-state index contributed by atoms with van der Waals surface area (Å²) in [5, 5.41) is 12.5. The first-order chi connectivity index (χ1) is 18.1. The number of carbonyl (C=O) groups is 1. The molecule has 0 aliphatic carbocycles. The second-order valence-corrected chi connectivity index (χ2v) is 10.5. The maximum atomic E-state index is 14.2. The molecular formula is C22H26F4N3O9P. The number of hydrogen-bond acceptors (Lipinski definition) is 9. The van der Waals surface area contributed by atoms with E-state index in [0.29, 0.717) is 10.8 Å². The number of hydrogen-bond donors (Lipinski definition) is 3. The number of alkyl halides is 3. The molecule has 0 bridgehead atoms. The summed E-state index contributed by atoms with van der Waals surface area (Å²) in [7, 11) is -5.08. The predicted molar refractivity (Wildman–Crippen MR) is 125 cm³/mol. The Bertz CT molecular complexity index is 1320. The number of aliphatic hydroxyl groups is 1. The van der Waals surface area contributed by atoms with Gasteiger partial charge in [0.25, 0.3) is 5.56 Å². The van der Waals surface area contributed by atoms with Crippen LogP contribution in [0.3, 0.4) is 0 Å². The van der Waals surface area contributed by atoms with Crippen molar-refractivity contribution in [3.63, 3.8) is 0 Å². The maximum absolute atomic E-state index is 14.2. The quantitative estimate of drug-likeness (QED) is 0.216. The SMILES string of the molecule is CC(C)OC(=O)[C@H](C)N[P@@](=O)(Oc1ccccc1)O[C@@H]([C@H]1O[C@@H](n2cc(F)c(=O)[nH]c2=O)CC1O)C(F)(F)F. The summed E-state index contributed by atoms with van der Waals surface area (Å²) in [6.07, 6.45) is -15.2. The highest BCUT2D eigenvalue weighted by Crippen LogP contribution is 2.50. The predicted octanol–water partition coefficient (Wildman–Crippen LogP) is 2.39. The summed E-state index contributed by atoms with van der Waals surface area (Å²) in [5.74, 6) is -2.57. The third-order valence-electron chi connectivity index (χ3n) is 5.27. The first-order valence-corrected chi connectivity index (χ1v) is 13.1. The number of H-pyrrole nitrogens is 1. The summed E-state index contributed by atoms with van der Waals surface area (Å²) in [4.78, 5) is 37.2. The largest absolute Gasteiger partial charge is 0.462 e. The number of esters is 1. The van der Waals surface area contributed by atoms with Crippen LogP contribution >= 0.6 is 7.75 Å². The van der Waals surface area contributed by atoms with Gasteiger partial charge in [-0.15, -0.1) is 0 Å². The van der Waals surface area contributed by atoms with Crippen molar-refractivity contribution in [2.24, 2.45) is 0 Å². The van der Waals surface area contributed by atoms with Gasteiger partial charge in [0.05, 0.1) is 18.4 Å². The Morgan fingerprint density at radius 3 is 2.46 bits per heavy atom. The zero-order chi connectivity index (χ0) is 29.1. The van der Waals surface area contributed by atoms with Crippen molar-refractivity contribution < 1.29 is 50.5 Å². The van der Waals surface area contributed by atoms with E-state index in [-0.39, 0.29) is 5.75 Å². The van der Waals surface area contributed by atoms with Gasteiger partial charge in [0, 0.05) is 6.42 Å². The number of aromatic amines is 1. The number of para-hydroxylation sites is 1. The van der Waals surface area contributed by atoms with E-state index in [1.807, 2.05) is 0 Å². The van der Waals surface area contributed by atoms with Gasteiger partial charge in [0.1, 0.15) is 24.1 Å². The Labute approximate surface area is 218 Å². The van der Waals surface area contributed by atoms with Gasteiger partial charge in [-0.3, -0.25) is 23.7 Å². The fraction of sp³-hybridized carbons (Fsp3) is 0.500. The summed E-state index contributed by atoms with van der Waals surface area (Å²) in [6, 6.07) is 5.50. The number of carbonyl (C=O) groups excluding carboxylic acids is 1. The third kappa shape index (κ3) is 7.76. The molecule has 1 fully saturated rings. The van der Waals surface area contributed by atoms with Gasteiger partial charge >= 0.3 is 25.6 Å². The van der Waals surface area contributed by atoms with Gasteiger partial charge < -0.3 is 19.1 Å². The molecule has 0 radical (unpaired) electrons. The molecule has 2 heterocycles. The Kier molecular flexibility index (Phi) is 9.39. The second-order valence-electron chi connectivity index (χ2n) is 8.81. The molecule has 2 aromatic rings. The minimum atomic E-state index is -5.33. The van der Waals surface area contributed by atoms with Crippen molar-refractivity contribution in [1.29, 1.82) is 0 Å². The Morgan fingerprint density at radius 1 is 1.23 bits per heavy atom. The standard InChI is InChI=1S/C22H26F4N3O9P/c1-11(2)35-20(32)12(3)28-39(34,37-13-7-5-4-6-8-13)38-18(22(24,25)26)17-15(30)9-16(36-17)29-10-14(23)19(31)27-21(29)33/h4-8,10-12,15-18,30H,9H2,1-3H3,(H,28,34)(H,27,31,33)/t12-,15?,16+,17-,18-,39+/m0/s1. The maximum Gasteiger partial charge on any atom is 0.460 e. The van der Waals surface area contributed by atoms with Crippen LogP contribution in [-0.2, 0) is 23.4 Å². The lowest BCUT2D eigenvalue weighted by atomic mass is 10.1. The number of nitrogens with one attached hydrogen (secondary N) is 2. The topological polar surface area (TPSA) is 158 Å². The van der Waals surface area contributed by atoms with E-state index in [9.17, 15) is 41.6 Å². The van der Waals surface area contributed by atoms with Crippen LogP contribution in [0.15, 0.2) is 46.1 Å². The number of halogens is 4. The molecule has 12 nitrogen and oxygen atoms in total. The number of aliphatic hydroxyl groups excluding tert-OH is 1. The highest BCUT2D eigenvalue weighted by molar-refractivity contribution is 7.52. The second kappa shape index (κ2) is 12.0. The summed E-state index contributed by atoms with van der Waals surface area (Å²) in [6.45, 7) is 4.21. The van der Waals surface area contributed by atoms with E-state index in [0.717, 1.165) is 6.92 Å². The highest BCUT2D eigenvalue weighted by atomic mass is 31.2. The van der Waals surface area contributed by atoms with E-state index >= 15 is 0 Å². The molecule has 0 amide bonds. The molecule has 216 valence electrons. The van der Waals surface area contributed by atoms with E-state index < -0.39 is 80.1 Å². The molecule has 1 saturated heterocycles. The van der Waals surface area contributed by atoms with Crippen molar-refractivity contribution in [2.45, 2.75) is 70.1 Å². The lowest BCUT2D eigenvalue weighted by Gasteiger charge is -2.31. The number of rotatable bonds is 10. The van der Waals surface area contributed by atoms with Crippen molar-refractivity contribution in [2.75, 3.05) is 0 Å². The van der Waals surface area contributed by atoms with Crippen molar-refractivity contribution in [3.8, 4) is 5.75 Å². The smallest absolute Gasteiger partial charge is 0.460 e. The molecule has 0 spiro atoms. The zero-order valence-electron chi connectivity index (χ0n) is 20.8. The summed E-state index contributed by atoms with van der Waals surface area (Å²) >= 11 is 0. The van der Waals surface area contributed by atoms with Gasteiger partial charge in [-0.25, -0.2) is 9.36 Å². The van der Waals surface area contributed by atoms with Crippen molar-refractivity contribution in [3.05, 3.63) is 63.2 Å². The normalized spacial score (nSPS) is 22.7. The van der Waals surface area contributed by atoms with Crippen molar-refractivity contribution in [1.82, 2.24) is 14.6 Å². The number of ether oxygens (including phenoxy) is 2. The number of nitrogens with zero attached hydrogens (tertiary/aromatic N) is 1. The first kappa shape index (κ1) is 30.5. The fourth-order valence-electron chi connectivity index (χ4n) is 3.57. The van der Waals surface area contributed by atoms with Gasteiger partial charge in [-0.2, -0.15) is 22.6 Å². The third-order valence-corrected chi connectivity index (χ3v) is 6.93. The minimum absolute atomic E-state index is 0.181. The monoisotopic (exact) mass is 583 g/mol. The molecule has 1 aromatic carbocycles. The first-order valence-electron chi connectivity index (χ1n) is 11.5. The molecule has 17 heteroatoms. The molecule has 1 unspecified atom stereocenters. The van der Waals surface area contributed by atoms with Crippen LogP contribution in [0.4, 0.5) is 17.6 Å². The van der Waals surface area contributed by atoms with Crippen LogP contribution < -0.4 is 20.9 Å². The average molecular weight is 583 g/mol. The minimum Gasteiger partial charge on any atom is -0.462 e. The van der Waals surface area contributed by atoms with Crippen LogP contribution in [-0.4, -0.2) is 57.3 Å². The molecule has 1 aromatic heterocycles. The van der Waals surface area contributed by atoms with Gasteiger partial charge in [0.2, 0.25) is 5.82 Å². The molecule has 0 saturated carbocycles. The molecule has 39 heavy (non-hydrogen) atoms. The average Bonchev–Trinajstić information content (AvgIpc) is 3.20. The molecule has 3 rings (SSSR count). The van der Waals surface area contributed by atoms with E-state index in [2.05, 4.69) is 5.09 Å². The Hall–Kier alpha value is -3.04. The molecule has 1 aliphatic heterocycles. The number of aromatic nitrogens is 2. The molecule has 3 N–H and O–H groups in total.